The Bertz CT molecular complexity index is 2650. The smallest absolute Gasteiger partial charge is 0.271 e. The molecule has 2 fully saturated rings. The first-order valence-corrected chi connectivity index (χ1v) is 27.5. The van der Waals surface area contributed by atoms with Crippen molar-refractivity contribution in [3.05, 3.63) is 110 Å². The van der Waals surface area contributed by atoms with Crippen molar-refractivity contribution in [2.24, 2.45) is 10.8 Å². The summed E-state index contributed by atoms with van der Waals surface area (Å²) in [6.45, 7) is 13.8. The Labute approximate surface area is 462 Å². The largest absolute Gasteiger partial charge is 0.347 e. The molecule has 2 aliphatic carbocycles. The number of nitrogens with zero attached hydrogens (tertiary/aromatic N) is 3. The van der Waals surface area contributed by atoms with Crippen molar-refractivity contribution >= 4 is 52.9 Å². The summed E-state index contributed by atoms with van der Waals surface area (Å²) in [7, 11) is 3.24. The van der Waals surface area contributed by atoms with E-state index in [4.69, 9.17) is 0 Å². The van der Waals surface area contributed by atoms with Gasteiger partial charge in [0.25, 0.3) is 17.5 Å². The molecular formula is C58H79N11O10. The van der Waals surface area contributed by atoms with Crippen LogP contribution in [0.25, 0.3) is 0 Å². The Morgan fingerprint density at radius 1 is 0.582 bits per heavy atom. The van der Waals surface area contributed by atoms with Crippen LogP contribution in [0.15, 0.2) is 66.7 Å². The van der Waals surface area contributed by atoms with E-state index in [2.05, 4.69) is 42.5 Å². The van der Waals surface area contributed by atoms with E-state index in [0.717, 1.165) is 60.1 Å². The third-order valence-electron chi connectivity index (χ3n) is 15.9. The van der Waals surface area contributed by atoms with Crippen LogP contribution in [0.4, 0.5) is 5.69 Å². The molecule has 0 spiro atoms. The molecule has 8 N–H and O–H groups in total. The number of hydrogen-bond donors (Lipinski definition) is 8. The normalized spacial score (nSPS) is 22.4. The summed E-state index contributed by atoms with van der Waals surface area (Å²) in [6.07, 6.45) is 4.66. The highest BCUT2D eigenvalue weighted by molar-refractivity contribution is 6.02. The van der Waals surface area contributed by atoms with Crippen LogP contribution in [0.2, 0.25) is 0 Å². The number of rotatable bonds is 17. The molecule has 21 nitrogen and oxygen atoms in total. The van der Waals surface area contributed by atoms with Crippen LogP contribution in [0.1, 0.15) is 149 Å². The van der Waals surface area contributed by atoms with E-state index in [9.17, 15) is 48.5 Å². The fraction of sp³-hybridized carbons (Fsp3) is 0.552. The predicted molar refractivity (Wildman–Crippen MR) is 296 cm³/mol. The van der Waals surface area contributed by atoms with Crippen LogP contribution in [-0.4, -0.2) is 138 Å². The molecule has 3 aromatic rings. The fourth-order valence-electron chi connectivity index (χ4n) is 11.2. The van der Waals surface area contributed by atoms with Gasteiger partial charge in [0.1, 0.15) is 24.2 Å². The van der Waals surface area contributed by atoms with Crippen molar-refractivity contribution in [2.75, 3.05) is 27.2 Å². The first-order chi connectivity index (χ1) is 37.3. The summed E-state index contributed by atoms with van der Waals surface area (Å²) in [4.78, 5) is 128. The predicted octanol–water partition coefficient (Wildman–Crippen LogP) is 3.66. The van der Waals surface area contributed by atoms with Gasteiger partial charge in [0.15, 0.2) is 0 Å². The van der Waals surface area contributed by atoms with Gasteiger partial charge in [-0.15, -0.1) is 0 Å². The molecule has 4 aliphatic rings. The lowest BCUT2D eigenvalue weighted by atomic mass is 9.85. The number of non-ortho nitro benzene ring substituents is 1. The molecule has 21 heteroatoms. The maximum atomic E-state index is 14.7. The molecule has 7 rings (SSSR count). The van der Waals surface area contributed by atoms with E-state index >= 15 is 0 Å². The van der Waals surface area contributed by atoms with E-state index in [1.54, 1.807) is 69.5 Å². The number of aryl methyl sites for hydroxylation is 2. The van der Waals surface area contributed by atoms with Crippen molar-refractivity contribution in [2.45, 2.75) is 167 Å². The average Bonchev–Trinajstić information content (AvgIpc) is 4.17. The molecule has 3 aromatic carbocycles. The summed E-state index contributed by atoms with van der Waals surface area (Å²) in [6, 6.07) is 11.0. The molecule has 79 heavy (non-hydrogen) atoms. The molecule has 0 saturated carbocycles. The van der Waals surface area contributed by atoms with Gasteiger partial charge in [-0.2, -0.15) is 0 Å². The zero-order chi connectivity index (χ0) is 57.7. The van der Waals surface area contributed by atoms with Gasteiger partial charge >= 0.3 is 0 Å². The van der Waals surface area contributed by atoms with E-state index in [-0.39, 0.29) is 49.1 Å². The van der Waals surface area contributed by atoms with Crippen molar-refractivity contribution in [3.8, 4) is 0 Å². The Hall–Kier alpha value is -7.26. The van der Waals surface area contributed by atoms with Crippen LogP contribution in [0, 0.1) is 20.9 Å². The van der Waals surface area contributed by atoms with Crippen LogP contribution in [0.5, 0.6) is 0 Å². The number of nitrogens with one attached hydrogen (secondary N) is 8. The Morgan fingerprint density at radius 3 is 1.32 bits per heavy atom. The summed E-state index contributed by atoms with van der Waals surface area (Å²) < 4.78 is 0. The minimum absolute atomic E-state index is 0.0369. The highest BCUT2D eigenvalue weighted by Crippen LogP contribution is 2.34. The number of likely N-dealkylation sites (tertiary alicyclic amines) is 2. The van der Waals surface area contributed by atoms with Gasteiger partial charge in [-0.1, -0.05) is 90.1 Å². The van der Waals surface area contributed by atoms with E-state index < -0.39 is 117 Å². The number of nitro benzene ring substituents is 1. The lowest BCUT2D eigenvalue weighted by molar-refractivity contribution is -0.384. The van der Waals surface area contributed by atoms with Crippen molar-refractivity contribution in [3.63, 3.8) is 0 Å². The number of fused-ring (bicyclic) bond motifs is 2. The topological polar surface area (TPSA) is 282 Å². The second-order valence-corrected chi connectivity index (χ2v) is 23.8. The minimum atomic E-state index is -1.09. The summed E-state index contributed by atoms with van der Waals surface area (Å²) in [5.41, 5.74) is 1.48. The van der Waals surface area contributed by atoms with Gasteiger partial charge in [-0.05, 0) is 118 Å². The van der Waals surface area contributed by atoms with Crippen LogP contribution in [0.3, 0.4) is 0 Å². The van der Waals surface area contributed by atoms with Gasteiger partial charge in [0.2, 0.25) is 35.4 Å². The van der Waals surface area contributed by atoms with E-state index in [1.807, 2.05) is 48.5 Å². The number of likely N-dealkylation sites (N-methyl/N-ethyl adjacent to an activating group) is 2. The summed E-state index contributed by atoms with van der Waals surface area (Å²) in [5.74, 6) is -4.45. The quantitative estimate of drug-likeness (QED) is 0.0711. The Balaban J connectivity index is 1.13. The molecule has 2 aliphatic heterocycles. The zero-order valence-electron chi connectivity index (χ0n) is 47.1. The SMILES string of the molecule is CN[C@@H](C)C(=O)N[C@@H](C(=O)N1C[C@@H](NC(=O)c2cc(C(=O)N[C@H]3C[C@@H](C(=O)N[C@@H]4CCCc5ccccc54)N(C(=O)[C@H](NC(=O)[C@H](C)NC)C(C)(C)C)C3)cc([N+](=O)[O-])c2)CC1C(=O)N[C@@H]1CCCc2ccccc21)C(C)(C)C. The minimum Gasteiger partial charge on any atom is -0.347 e. The van der Waals surface area contributed by atoms with E-state index in [1.165, 1.54) is 15.9 Å². The molecule has 2 heterocycles. The maximum Gasteiger partial charge on any atom is 0.271 e. The number of hydrogen-bond acceptors (Lipinski definition) is 12. The molecular weight excluding hydrogens is 1010 g/mol. The second kappa shape index (κ2) is 24.8. The highest BCUT2D eigenvalue weighted by Gasteiger charge is 2.48. The van der Waals surface area contributed by atoms with Crippen molar-refractivity contribution in [1.82, 2.24) is 52.3 Å². The third kappa shape index (κ3) is 14.0. The first-order valence-electron chi connectivity index (χ1n) is 27.5. The number of carbonyl (C=O) groups is 8. The van der Waals surface area contributed by atoms with Crippen LogP contribution < -0.4 is 42.5 Å². The van der Waals surface area contributed by atoms with E-state index in [0.29, 0.717) is 12.8 Å². The summed E-state index contributed by atoms with van der Waals surface area (Å²) in [5, 5.41) is 36.0. The van der Waals surface area contributed by atoms with Crippen LogP contribution >= 0.6 is 0 Å². The summed E-state index contributed by atoms with van der Waals surface area (Å²) >= 11 is 0. The van der Waals surface area contributed by atoms with Crippen LogP contribution in [-0.2, 0) is 41.6 Å². The molecule has 426 valence electrons. The third-order valence-corrected chi connectivity index (χ3v) is 15.9. The fourth-order valence-corrected chi connectivity index (χ4v) is 11.2. The number of benzene rings is 3. The first kappa shape index (κ1) is 59.4. The average molecular weight is 1090 g/mol. The molecule has 8 amide bonds. The lowest BCUT2D eigenvalue weighted by Crippen LogP contribution is -2.59. The van der Waals surface area contributed by atoms with Gasteiger partial charge in [-0.3, -0.25) is 48.5 Å². The Kier molecular flexibility index (Phi) is 18.7. The van der Waals surface area contributed by atoms with Gasteiger partial charge < -0.3 is 52.3 Å². The van der Waals surface area contributed by atoms with Crippen molar-refractivity contribution in [1.29, 1.82) is 0 Å². The number of carbonyl (C=O) groups excluding carboxylic acids is 8. The lowest BCUT2D eigenvalue weighted by Gasteiger charge is -2.36. The Morgan fingerprint density at radius 2 is 0.962 bits per heavy atom. The van der Waals surface area contributed by atoms with Crippen molar-refractivity contribution < 1.29 is 43.3 Å². The number of amides is 8. The zero-order valence-corrected chi connectivity index (χ0v) is 47.1. The molecule has 2 saturated heterocycles. The monoisotopic (exact) mass is 1090 g/mol. The second-order valence-electron chi connectivity index (χ2n) is 23.8. The van der Waals surface area contributed by atoms with Gasteiger partial charge in [-0.25, -0.2) is 0 Å². The van der Waals surface area contributed by atoms with Gasteiger partial charge in [0.05, 0.1) is 29.1 Å². The molecule has 1 unspecified atom stereocenters. The molecule has 10 atom stereocenters. The highest BCUT2D eigenvalue weighted by atomic mass is 16.6. The molecule has 0 aromatic heterocycles. The maximum absolute atomic E-state index is 14.7. The molecule has 0 radical (unpaired) electrons. The number of nitro groups is 1. The molecule has 0 bridgehead atoms. The van der Waals surface area contributed by atoms with Gasteiger partial charge in [0, 0.05) is 48.4 Å². The standard InChI is InChI=1S/C58H79N11O10/c1-32(59-9)49(70)65-47(57(3,4)5)55(76)67-30-38(28-45(67)53(74)63-43-23-15-19-34-17-11-13-21-41(34)43)61-51(72)36-25-37(27-40(26-36)69(78)79)52(73)62-39-29-46(54(75)64-44-24-16-20-35-18-12-14-22-42(35)44)68(31-39)56(77)48(58(6,7)8)66-50(71)33(2)60-10/h11-14,17-18,21-22,25-27,32-33,38-39,43-48,59-60H,15-16,19-20,23-24,28-31H2,1-10H3,(H,61,72)(H,62,73)(H,63,74)(H,64,75)(H,65,70)(H,66,71)/t32-,33-,38-,39-,43+,44+,45-,46?,47-,48-/m0/s1.